The highest BCUT2D eigenvalue weighted by Crippen LogP contribution is 2.72. The molecule has 0 unspecified atom stereocenters. The van der Waals surface area contributed by atoms with Gasteiger partial charge in [0.15, 0.2) is 0 Å². The number of rotatable bonds is 1. The second-order valence-corrected chi connectivity index (χ2v) is 10.1. The van der Waals surface area contributed by atoms with Crippen LogP contribution >= 0.6 is 0 Å². The van der Waals surface area contributed by atoms with Gasteiger partial charge in [0.05, 0.1) is 12.2 Å². The van der Waals surface area contributed by atoms with Crippen molar-refractivity contribution in [3.8, 4) is 0 Å². The molecule has 6 atom stereocenters. The molecule has 0 aromatic carbocycles. The Morgan fingerprint density at radius 1 is 1.09 bits per heavy atom. The summed E-state index contributed by atoms with van der Waals surface area (Å²) in [7, 11) is 0. The molecule has 0 heterocycles. The van der Waals surface area contributed by atoms with E-state index in [4.69, 9.17) is 0 Å². The first-order valence-corrected chi connectivity index (χ1v) is 9.55. The zero-order valence-corrected chi connectivity index (χ0v) is 14.9. The number of Topliss-reactive ketones (excluding diaryl/α,β-unsaturated/α-hetero) is 1. The summed E-state index contributed by atoms with van der Waals surface area (Å²) in [5.41, 5.74) is -0.612. The molecule has 2 bridgehead atoms. The molecule has 0 radical (unpaired) electrons. The predicted octanol–water partition coefficient (Wildman–Crippen LogP) is 3.32. The monoisotopic (exact) mass is 320 g/mol. The maximum absolute atomic E-state index is 12.5. The fourth-order valence-electron chi connectivity index (χ4n) is 7.83. The quantitative estimate of drug-likeness (QED) is 0.779. The Hall–Kier alpha value is -0.410. The molecule has 2 N–H and O–H groups in total. The minimum absolute atomic E-state index is 0.0870. The Labute approximate surface area is 139 Å². The number of fused-ring (bicyclic) bond motifs is 3. The molecule has 130 valence electrons. The molecule has 4 rings (SSSR count). The van der Waals surface area contributed by atoms with Gasteiger partial charge in [-0.15, -0.1) is 0 Å². The highest BCUT2D eigenvalue weighted by atomic mass is 16.3. The van der Waals surface area contributed by atoms with E-state index in [2.05, 4.69) is 20.8 Å². The molecule has 23 heavy (non-hydrogen) atoms. The van der Waals surface area contributed by atoms with Crippen LogP contribution in [-0.4, -0.2) is 28.2 Å². The summed E-state index contributed by atoms with van der Waals surface area (Å²) < 4.78 is 0. The van der Waals surface area contributed by atoms with E-state index in [1.165, 1.54) is 6.42 Å². The molecule has 3 heteroatoms. The molecule has 3 nitrogen and oxygen atoms in total. The second-order valence-electron chi connectivity index (χ2n) is 10.1. The smallest absolute Gasteiger partial charge is 0.138 e. The van der Waals surface area contributed by atoms with E-state index < -0.39 is 5.60 Å². The number of aliphatic hydroxyl groups is 2. The fraction of sp³-hybridized carbons (Fsp3) is 0.950. The normalized spacial score (nSPS) is 54.5. The molecule has 0 aromatic rings. The molecular weight excluding hydrogens is 288 g/mol. The van der Waals surface area contributed by atoms with Crippen LogP contribution in [0.4, 0.5) is 0 Å². The van der Waals surface area contributed by atoms with Gasteiger partial charge in [0.1, 0.15) is 5.78 Å². The highest BCUT2D eigenvalue weighted by Gasteiger charge is 2.67. The van der Waals surface area contributed by atoms with Crippen molar-refractivity contribution in [3.63, 3.8) is 0 Å². The number of hydrogen-bond acceptors (Lipinski definition) is 3. The highest BCUT2D eigenvalue weighted by molar-refractivity contribution is 5.85. The lowest BCUT2D eigenvalue weighted by atomic mass is 9.41. The molecule has 0 amide bonds. The van der Waals surface area contributed by atoms with Crippen molar-refractivity contribution in [2.45, 2.75) is 77.7 Å². The second kappa shape index (κ2) is 4.60. The number of hydrogen-bond donors (Lipinski definition) is 2. The average Bonchev–Trinajstić information content (AvgIpc) is 2.70. The largest absolute Gasteiger partial charge is 0.393 e. The van der Waals surface area contributed by atoms with E-state index in [0.717, 1.165) is 44.9 Å². The molecule has 0 aliphatic heterocycles. The fourth-order valence-corrected chi connectivity index (χ4v) is 7.83. The zero-order valence-electron chi connectivity index (χ0n) is 14.9. The molecule has 1 spiro atoms. The van der Waals surface area contributed by atoms with Gasteiger partial charge in [-0.25, -0.2) is 0 Å². The van der Waals surface area contributed by atoms with Crippen LogP contribution in [0.2, 0.25) is 0 Å². The lowest BCUT2D eigenvalue weighted by molar-refractivity contribution is -0.165. The minimum Gasteiger partial charge on any atom is -0.393 e. The predicted molar refractivity (Wildman–Crippen MR) is 88.8 cm³/mol. The first kappa shape index (κ1) is 16.1. The van der Waals surface area contributed by atoms with E-state index in [1.807, 2.05) is 0 Å². The Balaban J connectivity index is 1.73. The van der Waals surface area contributed by atoms with Crippen LogP contribution in [0.1, 0.15) is 72.1 Å². The van der Waals surface area contributed by atoms with Crippen molar-refractivity contribution in [3.05, 3.63) is 0 Å². The van der Waals surface area contributed by atoms with Crippen LogP contribution in [0.5, 0.6) is 0 Å². The van der Waals surface area contributed by atoms with Crippen molar-refractivity contribution in [2.24, 2.45) is 34.0 Å². The van der Waals surface area contributed by atoms with E-state index in [0.29, 0.717) is 17.6 Å². The van der Waals surface area contributed by atoms with Gasteiger partial charge < -0.3 is 10.2 Å². The van der Waals surface area contributed by atoms with Gasteiger partial charge in [-0.3, -0.25) is 4.79 Å². The summed E-state index contributed by atoms with van der Waals surface area (Å²) in [6.07, 6.45) is 8.07. The van der Waals surface area contributed by atoms with E-state index in [-0.39, 0.29) is 28.8 Å². The van der Waals surface area contributed by atoms with Gasteiger partial charge in [-0.05, 0) is 73.5 Å². The first-order chi connectivity index (χ1) is 10.7. The standard InChI is InChI=1S/C20H32O3/c1-17(2)14-6-9-19-10-13(20(23,11-19)12-21)4-5-15(19)18(14,3)8-7-16(17)22/h13-15,21,23H,4-12H2,1-3H3/t13-,14-,15+,18-,19-,20-/m0/s1. The lowest BCUT2D eigenvalue weighted by Gasteiger charge is -2.63. The number of carbonyl (C=O) groups excluding carboxylic acids is 1. The van der Waals surface area contributed by atoms with E-state index >= 15 is 0 Å². The lowest BCUT2D eigenvalue weighted by Crippen LogP contribution is -2.58. The van der Waals surface area contributed by atoms with Crippen LogP contribution in [0.15, 0.2) is 0 Å². The minimum atomic E-state index is -0.849. The maximum Gasteiger partial charge on any atom is 0.138 e. The van der Waals surface area contributed by atoms with Crippen LogP contribution in [0.3, 0.4) is 0 Å². The van der Waals surface area contributed by atoms with E-state index in [9.17, 15) is 15.0 Å². The van der Waals surface area contributed by atoms with Gasteiger partial charge in [0, 0.05) is 11.8 Å². The van der Waals surface area contributed by atoms with Crippen molar-refractivity contribution < 1.29 is 15.0 Å². The number of ketones is 1. The van der Waals surface area contributed by atoms with Gasteiger partial charge in [0.25, 0.3) is 0 Å². The van der Waals surface area contributed by atoms with Crippen molar-refractivity contribution in [2.75, 3.05) is 6.61 Å². The maximum atomic E-state index is 12.5. The number of aliphatic hydroxyl groups excluding tert-OH is 1. The Kier molecular flexibility index (Phi) is 3.22. The molecule has 4 aliphatic rings. The van der Waals surface area contributed by atoms with Crippen molar-refractivity contribution in [1.29, 1.82) is 0 Å². The molecule has 4 fully saturated rings. The van der Waals surface area contributed by atoms with Crippen molar-refractivity contribution in [1.82, 2.24) is 0 Å². The molecule has 0 saturated heterocycles. The van der Waals surface area contributed by atoms with Crippen LogP contribution in [-0.2, 0) is 4.79 Å². The zero-order chi connectivity index (χ0) is 16.7. The Bertz CT molecular complexity index is 541. The summed E-state index contributed by atoms with van der Waals surface area (Å²) >= 11 is 0. The van der Waals surface area contributed by atoms with Gasteiger partial charge >= 0.3 is 0 Å². The van der Waals surface area contributed by atoms with Crippen LogP contribution in [0.25, 0.3) is 0 Å². The molecule has 4 saturated carbocycles. The third kappa shape index (κ3) is 1.87. The first-order valence-electron chi connectivity index (χ1n) is 9.55. The average molecular weight is 320 g/mol. The Morgan fingerprint density at radius 3 is 2.52 bits per heavy atom. The molecule has 4 aliphatic carbocycles. The Morgan fingerprint density at radius 2 is 1.83 bits per heavy atom. The third-order valence-electron chi connectivity index (χ3n) is 8.89. The summed E-state index contributed by atoms with van der Waals surface area (Å²) in [5, 5.41) is 20.7. The van der Waals surface area contributed by atoms with E-state index in [1.54, 1.807) is 0 Å². The summed E-state index contributed by atoms with van der Waals surface area (Å²) in [5.74, 6) is 1.81. The van der Waals surface area contributed by atoms with Gasteiger partial charge in [-0.1, -0.05) is 20.8 Å². The third-order valence-corrected chi connectivity index (χ3v) is 8.89. The van der Waals surface area contributed by atoms with Crippen LogP contribution in [0, 0.1) is 34.0 Å². The van der Waals surface area contributed by atoms with Gasteiger partial charge in [-0.2, -0.15) is 0 Å². The molecular formula is C20H32O3. The summed E-state index contributed by atoms with van der Waals surface area (Å²) in [6.45, 7) is 6.68. The molecule has 0 aromatic heterocycles. The number of carbonyl (C=O) groups is 1. The topological polar surface area (TPSA) is 57.5 Å². The SMILES string of the molecule is CC1(C)C(=O)CC[C@@]2(C)[C@H]1CC[C@@]13C[C@H](CC[C@@H]12)[C@@](O)(CO)C3. The van der Waals surface area contributed by atoms with Crippen molar-refractivity contribution >= 4 is 5.78 Å². The van der Waals surface area contributed by atoms with Gasteiger partial charge in [0.2, 0.25) is 0 Å². The summed E-state index contributed by atoms with van der Waals surface area (Å²) in [4.78, 5) is 12.5. The van der Waals surface area contributed by atoms with Crippen LogP contribution < -0.4 is 0 Å². The summed E-state index contributed by atoms with van der Waals surface area (Å²) in [6, 6.07) is 0.